The van der Waals surface area contributed by atoms with Gasteiger partial charge in [-0.2, -0.15) is 0 Å². The van der Waals surface area contributed by atoms with Crippen LogP contribution in [0.25, 0.3) is 0 Å². The third-order valence-corrected chi connectivity index (χ3v) is 12.5. The van der Waals surface area contributed by atoms with Crippen molar-refractivity contribution in [3.05, 3.63) is 60.8 Å². The number of hydrogen-bond donors (Lipinski definition) is 3. The third kappa shape index (κ3) is 49.1. The van der Waals surface area contributed by atoms with Gasteiger partial charge < -0.3 is 15.5 Å². The minimum absolute atomic E-state index is 0.0760. The van der Waals surface area contributed by atoms with E-state index in [1.807, 2.05) is 6.08 Å². The Balaban J connectivity index is 3.42. The van der Waals surface area contributed by atoms with Crippen molar-refractivity contribution in [2.45, 2.75) is 296 Å². The van der Waals surface area contributed by atoms with Crippen LogP contribution in [0.1, 0.15) is 284 Å². The maximum absolute atomic E-state index is 12.4. The summed E-state index contributed by atoms with van der Waals surface area (Å²) in [7, 11) is 0. The molecule has 0 fully saturated rings. The highest BCUT2D eigenvalue weighted by atomic mass is 16.3. The molecule has 362 valence electrons. The van der Waals surface area contributed by atoms with E-state index in [9.17, 15) is 15.0 Å². The molecule has 1 amide bonds. The van der Waals surface area contributed by atoms with Crippen LogP contribution in [-0.4, -0.2) is 34.9 Å². The average Bonchev–Trinajstić information content (AvgIpc) is 3.28. The van der Waals surface area contributed by atoms with Crippen molar-refractivity contribution in [2.75, 3.05) is 6.61 Å². The second-order valence-corrected chi connectivity index (χ2v) is 18.6. The molecule has 0 bridgehead atoms. The number of nitrogens with one attached hydrogen (secondary N) is 1. The smallest absolute Gasteiger partial charge is 0.220 e. The first-order chi connectivity index (χ1) is 30.7. The summed E-state index contributed by atoms with van der Waals surface area (Å²) in [6.07, 6.45) is 75.4. The Morgan fingerprint density at radius 1 is 0.387 bits per heavy atom. The molecule has 3 N–H and O–H groups in total. The predicted molar refractivity (Wildman–Crippen MR) is 276 cm³/mol. The number of allylic oxidation sites excluding steroid dienone is 9. The Morgan fingerprint density at radius 3 is 1.06 bits per heavy atom. The second-order valence-electron chi connectivity index (χ2n) is 18.6. The van der Waals surface area contributed by atoms with E-state index >= 15 is 0 Å². The van der Waals surface area contributed by atoms with Gasteiger partial charge in [0.15, 0.2) is 0 Å². The zero-order valence-electron chi connectivity index (χ0n) is 41.6. The van der Waals surface area contributed by atoms with Crippen LogP contribution in [0.5, 0.6) is 0 Å². The lowest BCUT2D eigenvalue weighted by molar-refractivity contribution is -0.123. The highest BCUT2D eigenvalue weighted by Gasteiger charge is 2.17. The van der Waals surface area contributed by atoms with Crippen molar-refractivity contribution in [3.8, 4) is 0 Å². The van der Waals surface area contributed by atoms with Gasteiger partial charge in [0.2, 0.25) is 5.91 Å². The molecule has 0 saturated heterocycles. The summed E-state index contributed by atoms with van der Waals surface area (Å²) in [4.78, 5) is 12.4. The molecular weight excluding hydrogens is 759 g/mol. The van der Waals surface area contributed by atoms with Crippen LogP contribution in [-0.2, 0) is 4.79 Å². The molecule has 0 saturated carbocycles. The van der Waals surface area contributed by atoms with E-state index in [-0.39, 0.29) is 12.5 Å². The zero-order chi connectivity index (χ0) is 44.9. The van der Waals surface area contributed by atoms with Crippen molar-refractivity contribution >= 4 is 5.91 Å². The molecule has 0 heterocycles. The first kappa shape index (κ1) is 60.1. The van der Waals surface area contributed by atoms with Gasteiger partial charge in [-0.15, -0.1) is 0 Å². The summed E-state index contributed by atoms with van der Waals surface area (Å²) in [5.74, 6) is -0.0760. The minimum atomic E-state index is -0.869. The predicted octanol–water partition coefficient (Wildman–Crippen LogP) is 18.0. The fourth-order valence-electron chi connectivity index (χ4n) is 8.24. The van der Waals surface area contributed by atoms with Gasteiger partial charge in [0, 0.05) is 6.42 Å². The van der Waals surface area contributed by atoms with Gasteiger partial charge in [-0.3, -0.25) is 4.79 Å². The van der Waals surface area contributed by atoms with E-state index in [0.717, 1.165) is 44.9 Å². The third-order valence-electron chi connectivity index (χ3n) is 12.5. The first-order valence-corrected chi connectivity index (χ1v) is 27.5. The number of rotatable bonds is 50. The number of aliphatic hydroxyl groups excluding tert-OH is 2. The van der Waals surface area contributed by atoms with Crippen LogP contribution < -0.4 is 5.32 Å². The number of aliphatic hydroxyl groups is 2. The summed E-state index contributed by atoms with van der Waals surface area (Å²) in [5.41, 5.74) is 0. The fourth-order valence-corrected chi connectivity index (χ4v) is 8.24. The Kier molecular flexibility index (Phi) is 51.8. The molecule has 0 aliphatic carbocycles. The van der Waals surface area contributed by atoms with Crippen LogP contribution in [0.3, 0.4) is 0 Å². The monoisotopic (exact) mass is 866 g/mol. The molecule has 2 atom stereocenters. The van der Waals surface area contributed by atoms with E-state index < -0.39 is 12.1 Å². The van der Waals surface area contributed by atoms with Crippen molar-refractivity contribution < 1.29 is 15.0 Å². The van der Waals surface area contributed by atoms with E-state index in [2.05, 4.69) is 67.8 Å². The molecule has 62 heavy (non-hydrogen) atoms. The standard InChI is InChI=1S/C58H107NO3/c1-3-5-7-9-11-13-15-17-18-19-20-21-22-23-24-25-26-27-28-29-30-31-32-33-34-35-36-37-38-39-40-42-44-46-48-50-52-54-58(62)59-56(55-60)57(61)53-51-49-47-45-43-41-16-14-12-10-8-6-4-2/h12,14-15,17,19-20,43,45,51,53,56-57,60-61H,3-11,13,16,18,21-42,44,46-50,52,54-55H2,1-2H3,(H,59,62)/b14-12+,17-15-,20-19-,45-43+,53-51+. The maximum Gasteiger partial charge on any atom is 0.220 e. The second kappa shape index (κ2) is 53.4. The van der Waals surface area contributed by atoms with Crippen LogP contribution in [0.2, 0.25) is 0 Å². The van der Waals surface area contributed by atoms with Crippen LogP contribution in [0.4, 0.5) is 0 Å². The van der Waals surface area contributed by atoms with E-state index in [4.69, 9.17) is 0 Å². The van der Waals surface area contributed by atoms with Gasteiger partial charge >= 0.3 is 0 Å². The van der Waals surface area contributed by atoms with E-state index in [1.54, 1.807) is 6.08 Å². The molecule has 4 nitrogen and oxygen atoms in total. The van der Waals surface area contributed by atoms with E-state index in [0.29, 0.717) is 6.42 Å². The van der Waals surface area contributed by atoms with Crippen molar-refractivity contribution in [3.63, 3.8) is 0 Å². The van der Waals surface area contributed by atoms with Gasteiger partial charge in [-0.1, -0.05) is 261 Å². The summed E-state index contributed by atoms with van der Waals surface area (Å²) in [6.45, 7) is 4.26. The number of amides is 1. The van der Waals surface area contributed by atoms with Crippen molar-refractivity contribution in [1.82, 2.24) is 5.32 Å². The minimum Gasteiger partial charge on any atom is -0.394 e. The fraction of sp³-hybridized carbons (Fsp3) is 0.810. The lowest BCUT2D eigenvalue weighted by atomic mass is 10.0. The first-order valence-electron chi connectivity index (χ1n) is 27.5. The van der Waals surface area contributed by atoms with Gasteiger partial charge in [0.1, 0.15) is 0 Å². The summed E-state index contributed by atoms with van der Waals surface area (Å²) in [6, 6.07) is -0.644. The van der Waals surface area contributed by atoms with Gasteiger partial charge in [0.25, 0.3) is 0 Å². The molecule has 0 aromatic rings. The molecule has 0 aliphatic heterocycles. The Hall–Kier alpha value is -1.91. The molecule has 0 spiro atoms. The molecule has 0 aromatic carbocycles. The number of hydrogen-bond acceptors (Lipinski definition) is 3. The Bertz CT molecular complexity index is 1030. The van der Waals surface area contributed by atoms with Gasteiger partial charge in [-0.25, -0.2) is 0 Å². The molecule has 0 rings (SSSR count). The quantitative estimate of drug-likeness (QED) is 0.0421. The Labute approximate surface area is 387 Å². The van der Waals surface area contributed by atoms with Crippen LogP contribution >= 0.6 is 0 Å². The summed E-state index contributed by atoms with van der Waals surface area (Å²) in [5, 5.41) is 23.0. The lowest BCUT2D eigenvalue weighted by Crippen LogP contribution is -2.45. The Morgan fingerprint density at radius 2 is 0.677 bits per heavy atom. The SMILES string of the molecule is CCCCC/C=C/CC/C=C/CC/C=C/C(O)C(CO)NC(=O)CCCCCCCCCCCCCCCCCCCCCCCCCCC/C=C\C/C=C\CCCCCCC. The van der Waals surface area contributed by atoms with Gasteiger partial charge in [0.05, 0.1) is 18.8 Å². The van der Waals surface area contributed by atoms with Crippen molar-refractivity contribution in [1.29, 1.82) is 0 Å². The summed E-state index contributed by atoms with van der Waals surface area (Å²) < 4.78 is 0. The largest absolute Gasteiger partial charge is 0.394 e. The lowest BCUT2D eigenvalue weighted by Gasteiger charge is -2.19. The molecule has 0 radical (unpaired) electrons. The average molecular weight is 866 g/mol. The van der Waals surface area contributed by atoms with Crippen LogP contribution in [0, 0.1) is 0 Å². The number of carbonyl (C=O) groups is 1. The molecule has 0 aliphatic rings. The normalized spacial score (nSPS) is 13.3. The number of unbranched alkanes of at least 4 members (excludes halogenated alkanes) is 35. The molecule has 0 aromatic heterocycles. The summed E-state index contributed by atoms with van der Waals surface area (Å²) >= 11 is 0. The maximum atomic E-state index is 12.4. The molecule has 4 heteroatoms. The van der Waals surface area contributed by atoms with Crippen LogP contribution in [0.15, 0.2) is 60.8 Å². The van der Waals surface area contributed by atoms with E-state index in [1.165, 1.54) is 218 Å². The molecule has 2 unspecified atom stereocenters. The van der Waals surface area contributed by atoms with Gasteiger partial charge in [-0.05, 0) is 77.0 Å². The molecular formula is C58H107NO3. The highest BCUT2D eigenvalue weighted by Crippen LogP contribution is 2.17. The number of carbonyl (C=O) groups excluding carboxylic acids is 1. The topological polar surface area (TPSA) is 69.6 Å². The highest BCUT2D eigenvalue weighted by molar-refractivity contribution is 5.76. The van der Waals surface area contributed by atoms with Crippen molar-refractivity contribution in [2.24, 2.45) is 0 Å². The zero-order valence-corrected chi connectivity index (χ0v) is 41.6.